The maximum atomic E-state index is 12.3. The first-order valence-electron chi connectivity index (χ1n) is 3.64. The Labute approximate surface area is 138 Å². The Morgan fingerprint density at radius 3 is 2.06 bits per heavy atom. The number of primary sulfonamides is 1. The van der Waals surface area contributed by atoms with Crippen LogP contribution in [-0.4, -0.2) is 15.4 Å². The van der Waals surface area contributed by atoms with E-state index in [0.29, 0.717) is 12.1 Å². The van der Waals surface area contributed by atoms with E-state index < -0.39 is 27.4 Å². The smallest absolute Gasteiger partial charge is 0.445 e. The summed E-state index contributed by atoms with van der Waals surface area (Å²) >= 11 is 5.35. The van der Waals surface area contributed by atoms with Crippen LogP contribution in [0.25, 0.3) is 0 Å². The van der Waals surface area contributed by atoms with Crippen LogP contribution in [0.1, 0.15) is 0 Å². The molecule has 1 rings (SSSR count). The van der Waals surface area contributed by atoms with Gasteiger partial charge >= 0.3 is 58.4 Å². The zero-order chi connectivity index (χ0) is 11.9. The van der Waals surface area contributed by atoms with E-state index in [9.17, 15) is 21.4 Å². The van der Waals surface area contributed by atoms with Gasteiger partial charge in [0.1, 0.15) is 0 Å². The molecule has 0 saturated heterocycles. The number of hydrogen-bond acceptors (Lipinski definition) is 2. The summed E-state index contributed by atoms with van der Waals surface area (Å²) in [7, 11) is -4.18. The first kappa shape index (κ1) is 16.9. The second kappa shape index (κ2) is 5.70. The van der Waals surface area contributed by atoms with Gasteiger partial charge in [-0.15, -0.1) is 5.46 Å². The molecular weight excluding hydrogens is 292 g/mol. The zero-order valence-electron chi connectivity index (χ0n) is 8.12. The Kier molecular flexibility index (Phi) is 6.03. The molecule has 0 aromatic heterocycles. The Morgan fingerprint density at radius 1 is 1.19 bits per heavy atom. The quantitative estimate of drug-likeness (QED) is 0.645. The molecule has 0 aliphatic rings. The molecule has 84 valence electrons. The van der Waals surface area contributed by atoms with Gasteiger partial charge in [0, 0.05) is 5.02 Å². The zero-order valence-corrected chi connectivity index (χ0v) is 12.8. The van der Waals surface area contributed by atoms with Crippen molar-refractivity contribution in [3.05, 3.63) is 23.2 Å². The molecule has 16 heavy (non-hydrogen) atoms. The summed E-state index contributed by atoms with van der Waals surface area (Å²) in [4.78, 5) is -0.649. The number of rotatable bonds is 2. The Hall–Kier alpha value is 0.911. The Balaban J connectivity index is 0.00000225. The van der Waals surface area contributed by atoms with Crippen molar-refractivity contribution in [3.8, 4) is 0 Å². The van der Waals surface area contributed by atoms with Gasteiger partial charge in [-0.1, -0.05) is 23.7 Å². The van der Waals surface area contributed by atoms with Gasteiger partial charge in [0.2, 0.25) is 10.0 Å². The summed E-state index contributed by atoms with van der Waals surface area (Å²) in [6, 6.07) is 1.97. The molecule has 0 saturated carbocycles. The minimum absolute atomic E-state index is 0. The van der Waals surface area contributed by atoms with E-state index >= 15 is 0 Å². The average molecular weight is 298 g/mol. The van der Waals surface area contributed by atoms with E-state index in [1.165, 1.54) is 0 Å². The van der Waals surface area contributed by atoms with Crippen molar-refractivity contribution in [3.63, 3.8) is 0 Å². The molecule has 0 unspecified atom stereocenters. The van der Waals surface area contributed by atoms with Gasteiger partial charge in [0.05, 0.1) is 4.90 Å². The molecule has 0 spiro atoms. The molecule has 0 bridgehead atoms. The van der Waals surface area contributed by atoms with E-state index in [1.807, 2.05) is 0 Å². The maximum absolute atomic E-state index is 12.3. The number of nitrogens with two attached hydrogens (primary N) is 1. The van der Waals surface area contributed by atoms with Crippen LogP contribution >= 0.6 is 11.6 Å². The third-order valence-electron chi connectivity index (χ3n) is 1.60. The number of sulfonamides is 1. The molecule has 0 aliphatic carbocycles. The van der Waals surface area contributed by atoms with Crippen LogP contribution in [0.15, 0.2) is 23.1 Å². The fraction of sp³-hybridized carbons (Fsp3) is 0. The van der Waals surface area contributed by atoms with Gasteiger partial charge in [-0.2, -0.15) is 0 Å². The molecule has 1 aromatic carbocycles. The number of hydrogen-bond donors (Lipinski definition) is 1. The third kappa shape index (κ3) is 4.65. The van der Waals surface area contributed by atoms with Gasteiger partial charge in [0.15, 0.2) is 0 Å². The van der Waals surface area contributed by atoms with Crippen LogP contribution < -0.4 is 62.0 Å². The predicted molar refractivity (Wildman–Crippen MR) is 51.5 cm³/mol. The van der Waals surface area contributed by atoms with Crippen molar-refractivity contribution in [2.24, 2.45) is 5.14 Å². The minimum atomic E-state index is -5.30. The van der Waals surface area contributed by atoms with Crippen LogP contribution in [0.3, 0.4) is 0 Å². The van der Waals surface area contributed by atoms with Gasteiger partial charge in [0.25, 0.3) is 0 Å². The molecule has 0 aliphatic heterocycles. The summed E-state index contributed by atoms with van der Waals surface area (Å²) in [5, 5.41) is 4.37. The first-order valence-corrected chi connectivity index (χ1v) is 5.56. The van der Waals surface area contributed by atoms with Crippen LogP contribution in [0.4, 0.5) is 12.9 Å². The minimum Gasteiger partial charge on any atom is -0.445 e. The molecule has 0 heterocycles. The van der Waals surface area contributed by atoms with Crippen LogP contribution in [0.5, 0.6) is 0 Å². The van der Waals surface area contributed by atoms with Crippen molar-refractivity contribution in [1.82, 2.24) is 0 Å². The van der Waals surface area contributed by atoms with E-state index in [-0.39, 0.29) is 56.4 Å². The maximum Gasteiger partial charge on any atom is 1.00 e. The first-order chi connectivity index (χ1) is 6.60. The van der Waals surface area contributed by atoms with Crippen molar-refractivity contribution in [2.45, 2.75) is 4.90 Å². The molecular formula is C6H5BClF3KNO2S. The monoisotopic (exact) mass is 297 g/mol. The fourth-order valence-corrected chi connectivity index (χ4v) is 1.84. The van der Waals surface area contributed by atoms with Gasteiger partial charge in [-0.05, 0) is 6.07 Å². The van der Waals surface area contributed by atoms with Gasteiger partial charge in [-0.3, -0.25) is 0 Å². The standard InChI is InChI=1S/C6H5BClF3NO2S.K/c8-5-1-4(7(9,10)11)2-6(3-5)15(12,13)14;/h1-3H,(H2,12,13,14);/q-1;+1. The van der Waals surface area contributed by atoms with Gasteiger partial charge in [-0.25, -0.2) is 13.6 Å². The summed E-state index contributed by atoms with van der Waals surface area (Å²) in [5.41, 5.74) is -1.09. The predicted octanol–water partition coefficient (Wildman–Crippen LogP) is -1.95. The summed E-state index contributed by atoms with van der Waals surface area (Å²) in [5.74, 6) is 0. The average Bonchev–Trinajstić information content (AvgIpc) is 1.99. The second-order valence-corrected chi connectivity index (χ2v) is 4.84. The molecule has 3 nitrogen and oxygen atoms in total. The largest absolute Gasteiger partial charge is 1.00 e. The molecule has 10 heteroatoms. The summed E-state index contributed by atoms with van der Waals surface area (Å²) in [6.07, 6.45) is 0. The van der Waals surface area contributed by atoms with Crippen molar-refractivity contribution < 1.29 is 72.7 Å². The van der Waals surface area contributed by atoms with E-state index in [0.717, 1.165) is 6.07 Å². The number of benzene rings is 1. The topological polar surface area (TPSA) is 60.2 Å². The second-order valence-electron chi connectivity index (χ2n) is 2.84. The molecule has 0 radical (unpaired) electrons. The van der Waals surface area contributed by atoms with Crippen LogP contribution in [0.2, 0.25) is 5.02 Å². The van der Waals surface area contributed by atoms with Crippen LogP contribution in [0, 0.1) is 0 Å². The van der Waals surface area contributed by atoms with Crippen molar-refractivity contribution >= 4 is 34.1 Å². The Bertz CT molecular complexity index is 493. The van der Waals surface area contributed by atoms with Gasteiger partial charge < -0.3 is 12.9 Å². The van der Waals surface area contributed by atoms with Crippen LogP contribution in [-0.2, 0) is 10.0 Å². The fourth-order valence-electron chi connectivity index (χ4n) is 0.938. The SMILES string of the molecule is NS(=O)(=O)c1cc(Cl)cc([B-](F)(F)F)c1.[K+]. The number of halogens is 4. The Morgan fingerprint density at radius 2 is 1.69 bits per heavy atom. The summed E-state index contributed by atoms with van der Waals surface area (Å²) in [6.45, 7) is -5.30. The summed E-state index contributed by atoms with van der Waals surface area (Å²) < 4.78 is 58.6. The van der Waals surface area contributed by atoms with E-state index in [4.69, 9.17) is 16.7 Å². The molecule has 0 amide bonds. The van der Waals surface area contributed by atoms with E-state index in [2.05, 4.69) is 0 Å². The van der Waals surface area contributed by atoms with Crippen molar-refractivity contribution in [2.75, 3.05) is 0 Å². The molecule has 0 fully saturated rings. The normalized spacial score (nSPS) is 12.1. The van der Waals surface area contributed by atoms with E-state index in [1.54, 1.807) is 0 Å². The van der Waals surface area contributed by atoms with Crippen molar-refractivity contribution in [1.29, 1.82) is 0 Å². The molecule has 0 atom stereocenters. The molecule has 2 N–H and O–H groups in total. The third-order valence-corrected chi connectivity index (χ3v) is 2.71. The molecule has 1 aromatic rings.